The first-order chi connectivity index (χ1) is 7.45. The first-order valence-electron chi connectivity index (χ1n) is 5.49. The standard InChI is InChI=1S/C13H20N2O/c1-13(2,3)12(15-11(16)9-14)10-7-5-4-6-8-10/h4-8,12H,9,14H2,1-3H3,(H,15,16). The van der Waals surface area contributed by atoms with Crippen LogP contribution < -0.4 is 11.1 Å². The molecule has 3 heteroatoms. The van der Waals surface area contributed by atoms with E-state index in [2.05, 4.69) is 26.1 Å². The minimum absolute atomic E-state index is 0.00949. The van der Waals surface area contributed by atoms with E-state index in [0.29, 0.717) is 0 Å². The summed E-state index contributed by atoms with van der Waals surface area (Å²) in [5.41, 5.74) is 6.40. The van der Waals surface area contributed by atoms with Crippen LogP contribution in [0.3, 0.4) is 0 Å². The van der Waals surface area contributed by atoms with Crippen molar-refractivity contribution in [3.8, 4) is 0 Å². The molecule has 1 rings (SSSR count). The van der Waals surface area contributed by atoms with E-state index >= 15 is 0 Å². The number of carbonyl (C=O) groups excluding carboxylic acids is 1. The zero-order valence-electron chi connectivity index (χ0n) is 10.2. The molecule has 0 saturated heterocycles. The SMILES string of the molecule is CC(C)(C)C(NC(=O)CN)c1ccccc1. The fraction of sp³-hybridized carbons (Fsp3) is 0.462. The molecule has 0 radical (unpaired) electrons. The zero-order valence-corrected chi connectivity index (χ0v) is 10.2. The summed E-state index contributed by atoms with van der Waals surface area (Å²) < 4.78 is 0. The van der Waals surface area contributed by atoms with Gasteiger partial charge in [-0.2, -0.15) is 0 Å². The number of hydrogen-bond donors (Lipinski definition) is 2. The molecule has 88 valence electrons. The van der Waals surface area contributed by atoms with Crippen molar-refractivity contribution in [1.29, 1.82) is 0 Å². The number of nitrogens with one attached hydrogen (secondary N) is 1. The highest BCUT2D eigenvalue weighted by Crippen LogP contribution is 2.32. The number of hydrogen-bond acceptors (Lipinski definition) is 2. The maximum absolute atomic E-state index is 11.4. The van der Waals surface area contributed by atoms with Gasteiger partial charge in [-0.15, -0.1) is 0 Å². The summed E-state index contributed by atoms with van der Waals surface area (Å²) in [6, 6.07) is 9.95. The molecule has 3 N–H and O–H groups in total. The fourth-order valence-corrected chi connectivity index (χ4v) is 1.67. The first kappa shape index (κ1) is 12.7. The molecular formula is C13H20N2O. The Kier molecular flexibility index (Phi) is 4.07. The Morgan fingerprint density at radius 2 is 1.88 bits per heavy atom. The van der Waals surface area contributed by atoms with Gasteiger partial charge in [0.25, 0.3) is 0 Å². The highest BCUT2D eigenvalue weighted by Gasteiger charge is 2.27. The van der Waals surface area contributed by atoms with Gasteiger partial charge in [-0.05, 0) is 11.0 Å². The maximum Gasteiger partial charge on any atom is 0.234 e. The van der Waals surface area contributed by atoms with Crippen molar-refractivity contribution in [2.45, 2.75) is 26.8 Å². The summed E-state index contributed by atoms with van der Waals surface area (Å²) >= 11 is 0. The molecule has 1 aromatic carbocycles. The molecule has 0 aliphatic rings. The van der Waals surface area contributed by atoms with Crippen molar-refractivity contribution < 1.29 is 4.79 Å². The Balaban J connectivity index is 2.93. The van der Waals surface area contributed by atoms with Crippen molar-refractivity contribution >= 4 is 5.91 Å². The summed E-state index contributed by atoms with van der Waals surface area (Å²) in [6.07, 6.45) is 0. The van der Waals surface area contributed by atoms with Gasteiger partial charge in [0.2, 0.25) is 5.91 Å². The molecule has 0 bridgehead atoms. The summed E-state index contributed by atoms with van der Waals surface area (Å²) in [4.78, 5) is 11.4. The van der Waals surface area contributed by atoms with Gasteiger partial charge in [0.1, 0.15) is 0 Å². The van der Waals surface area contributed by atoms with Crippen LogP contribution in [0, 0.1) is 5.41 Å². The molecule has 16 heavy (non-hydrogen) atoms. The van der Waals surface area contributed by atoms with Gasteiger partial charge in [-0.1, -0.05) is 51.1 Å². The van der Waals surface area contributed by atoms with Crippen LogP contribution in [-0.4, -0.2) is 12.5 Å². The zero-order chi connectivity index (χ0) is 12.2. The fourth-order valence-electron chi connectivity index (χ4n) is 1.67. The molecule has 0 aliphatic heterocycles. The molecule has 0 fully saturated rings. The molecule has 1 amide bonds. The molecule has 0 aliphatic carbocycles. The van der Waals surface area contributed by atoms with Gasteiger partial charge in [0.15, 0.2) is 0 Å². The lowest BCUT2D eigenvalue weighted by molar-refractivity contribution is -0.121. The number of nitrogens with two attached hydrogens (primary N) is 1. The molecular weight excluding hydrogens is 200 g/mol. The van der Waals surface area contributed by atoms with Gasteiger partial charge >= 0.3 is 0 Å². The van der Waals surface area contributed by atoms with Gasteiger partial charge in [0.05, 0.1) is 12.6 Å². The average Bonchev–Trinajstić information content (AvgIpc) is 2.25. The topological polar surface area (TPSA) is 55.1 Å². The highest BCUT2D eigenvalue weighted by molar-refractivity contribution is 5.78. The van der Waals surface area contributed by atoms with E-state index in [1.165, 1.54) is 0 Å². The summed E-state index contributed by atoms with van der Waals surface area (Å²) in [7, 11) is 0. The number of amides is 1. The van der Waals surface area contributed by atoms with Crippen molar-refractivity contribution in [1.82, 2.24) is 5.32 Å². The van der Waals surface area contributed by atoms with E-state index in [1.807, 2.05) is 30.3 Å². The van der Waals surface area contributed by atoms with Crippen LogP contribution in [0.15, 0.2) is 30.3 Å². The van der Waals surface area contributed by atoms with Gasteiger partial charge in [0, 0.05) is 0 Å². The third-order valence-corrected chi connectivity index (χ3v) is 2.49. The Hall–Kier alpha value is -1.35. The molecule has 1 atom stereocenters. The van der Waals surface area contributed by atoms with E-state index < -0.39 is 0 Å². The molecule has 0 heterocycles. The van der Waals surface area contributed by atoms with Crippen molar-refractivity contribution in [2.75, 3.05) is 6.54 Å². The Morgan fingerprint density at radius 3 is 2.31 bits per heavy atom. The lowest BCUT2D eigenvalue weighted by Crippen LogP contribution is -2.39. The Labute approximate surface area is 97.0 Å². The monoisotopic (exact) mass is 220 g/mol. The summed E-state index contributed by atoms with van der Waals surface area (Å²) in [6.45, 7) is 6.32. The molecule has 0 saturated carbocycles. The van der Waals surface area contributed by atoms with Crippen molar-refractivity contribution in [3.63, 3.8) is 0 Å². The Bertz CT molecular complexity index is 341. The molecule has 0 spiro atoms. The third kappa shape index (κ3) is 3.35. The largest absolute Gasteiger partial charge is 0.348 e. The van der Waals surface area contributed by atoms with E-state index in [1.54, 1.807) is 0 Å². The van der Waals surface area contributed by atoms with Crippen LogP contribution in [0.1, 0.15) is 32.4 Å². The predicted molar refractivity (Wildman–Crippen MR) is 65.8 cm³/mol. The third-order valence-electron chi connectivity index (χ3n) is 2.49. The summed E-state index contributed by atoms with van der Waals surface area (Å²) in [5, 5.41) is 2.96. The minimum atomic E-state index is -0.122. The lowest BCUT2D eigenvalue weighted by Gasteiger charge is -2.31. The van der Waals surface area contributed by atoms with Crippen LogP contribution in [0.4, 0.5) is 0 Å². The van der Waals surface area contributed by atoms with Crippen LogP contribution in [0.25, 0.3) is 0 Å². The van der Waals surface area contributed by atoms with Gasteiger partial charge < -0.3 is 11.1 Å². The number of rotatable bonds is 3. The second-order valence-electron chi connectivity index (χ2n) is 4.98. The average molecular weight is 220 g/mol. The first-order valence-corrected chi connectivity index (χ1v) is 5.49. The maximum atomic E-state index is 11.4. The van der Waals surface area contributed by atoms with E-state index in [4.69, 9.17) is 5.73 Å². The van der Waals surface area contributed by atoms with Crippen LogP contribution in [0.2, 0.25) is 0 Å². The highest BCUT2D eigenvalue weighted by atomic mass is 16.1. The quantitative estimate of drug-likeness (QED) is 0.816. The minimum Gasteiger partial charge on any atom is -0.348 e. The van der Waals surface area contributed by atoms with Gasteiger partial charge in [-0.3, -0.25) is 4.79 Å². The summed E-state index contributed by atoms with van der Waals surface area (Å²) in [5.74, 6) is -0.122. The number of benzene rings is 1. The molecule has 3 nitrogen and oxygen atoms in total. The van der Waals surface area contributed by atoms with Crippen LogP contribution in [-0.2, 0) is 4.79 Å². The second kappa shape index (κ2) is 5.12. The lowest BCUT2D eigenvalue weighted by atomic mass is 9.82. The van der Waals surface area contributed by atoms with E-state index in [9.17, 15) is 4.79 Å². The normalized spacial score (nSPS) is 13.2. The second-order valence-corrected chi connectivity index (χ2v) is 4.98. The van der Waals surface area contributed by atoms with Crippen LogP contribution in [0.5, 0.6) is 0 Å². The molecule has 1 aromatic rings. The van der Waals surface area contributed by atoms with Gasteiger partial charge in [-0.25, -0.2) is 0 Å². The van der Waals surface area contributed by atoms with E-state index in [-0.39, 0.29) is 23.9 Å². The van der Waals surface area contributed by atoms with Crippen molar-refractivity contribution in [2.24, 2.45) is 11.1 Å². The molecule has 1 unspecified atom stereocenters. The smallest absolute Gasteiger partial charge is 0.234 e. The van der Waals surface area contributed by atoms with Crippen LogP contribution >= 0.6 is 0 Å². The number of carbonyl (C=O) groups is 1. The van der Waals surface area contributed by atoms with E-state index in [0.717, 1.165) is 5.56 Å². The molecule has 0 aromatic heterocycles. The Morgan fingerprint density at radius 1 is 1.31 bits per heavy atom. The van der Waals surface area contributed by atoms with Crippen molar-refractivity contribution in [3.05, 3.63) is 35.9 Å². The predicted octanol–water partition coefficient (Wildman–Crippen LogP) is 1.85.